The van der Waals surface area contributed by atoms with Crippen LogP contribution in [0.2, 0.25) is 0 Å². The molecule has 164 valence electrons. The quantitative estimate of drug-likeness (QED) is 0.668. The Morgan fingerprint density at radius 3 is 2.52 bits per heavy atom. The van der Waals surface area contributed by atoms with E-state index in [1.54, 1.807) is 18.0 Å². The zero-order chi connectivity index (χ0) is 21.4. The molecule has 0 atom stereocenters. The van der Waals surface area contributed by atoms with E-state index >= 15 is 0 Å². The Hall–Kier alpha value is -2.55. The number of amides is 3. The van der Waals surface area contributed by atoms with Crippen LogP contribution in [0.5, 0.6) is 5.75 Å². The van der Waals surface area contributed by atoms with Gasteiger partial charge in [0.15, 0.2) is 5.16 Å². The summed E-state index contributed by atoms with van der Waals surface area (Å²) in [6.07, 6.45) is 8.67. The molecule has 4 aliphatic carbocycles. The standard InChI is InChI=1S/C22H27N5O3S/c1-30-18-5-3-2-4-17(18)27-13-23-26-21(27)31-12-19(28)24-20(29)25-22-9-14-6-15(10-22)8-16(7-14)11-22/h2-5,13-16H,6-12H2,1H3,(H2,24,25,28,29). The van der Waals surface area contributed by atoms with Crippen LogP contribution in [0.4, 0.5) is 4.79 Å². The summed E-state index contributed by atoms with van der Waals surface area (Å²) in [5, 5.41) is 14.3. The first-order valence-electron chi connectivity index (χ1n) is 10.8. The molecular formula is C22H27N5O3S. The number of hydrogen-bond acceptors (Lipinski definition) is 6. The minimum Gasteiger partial charge on any atom is -0.495 e. The van der Waals surface area contributed by atoms with Crippen LogP contribution in [0.25, 0.3) is 5.69 Å². The van der Waals surface area contributed by atoms with Crippen LogP contribution in [0.15, 0.2) is 35.7 Å². The van der Waals surface area contributed by atoms with Crippen molar-refractivity contribution in [2.75, 3.05) is 12.9 Å². The van der Waals surface area contributed by atoms with Gasteiger partial charge in [0.05, 0.1) is 18.6 Å². The molecule has 4 bridgehead atoms. The Labute approximate surface area is 185 Å². The first-order chi connectivity index (χ1) is 15.0. The summed E-state index contributed by atoms with van der Waals surface area (Å²) in [6.45, 7) is 0. The summed E-state index contributed by atoms with van der Waals surface area (Å²) >= 11 is 1.23. The Bertz CT molecular complexity index is 956. The van der Waals surface area contributed by atoms with Gasteiger partial charge in [0.2, 0.25) is 5.91 Å². The number of nitrogens with one attached hydrogen (secondary N) is 2. The lowest BCUT2D eigenvalue weighted by Crippen LogP contribution is -2.61. The SMILES string of the molecule is COc1ccccc1-n1cnnc1SCC(=O)NC(=O)NC12CC3CC(CC(C3)C1)C2. The van der Waals surface area contributed by atoms with Gasteiger partial charge in [-0.05, 0) is 68.4 Å². The number of nitrogens with zero attached hydrogens (tertiary/aromatic N) is 3. The minimum atomic E-state index is -0.376. The number of rotatable bonds is 6. The number of aromatic nitrogens is 3. The molecule has 8 nitrogen and oxygen atoms in total. The number of urea groups is 1. The number of thioether (sulfide) groups is 1. The molecule has 0 aliphatic heterocycles. The second-order valence-corrected chi connectivity index (χ2v) is 10.1. The van der Waals surface area contributed by atoms with Crippen molar-refractivity contribution in [1.82, 2.24) is 25.4 Å². The number of imide groups is 1. The van der Waals surface area contributed by atoms with Crippen LogP contribution < -0.4 is 15.4 Å². The number of ether oxygens (including phenoxy) is 1. The fraction of sp³-hybridized carbons (Fsp3) is 0.545. The molecule has 9 heteroatoms. The third-order valence-corrected chi connectivity index (χ3v) is 7.81. The normalized spacial score (nSPS) is 28.4. The Morgan fingerprint density at radius 1 is 1.16 bits per heavy atom. The molecule has 3 amide bonds. The Kier molecular flexibility index (Phi) is 5.37. The Morgan fingerprint density at radius 2 is 1.84 bits per heavy atom. The van der Waals surface area contributed by atoms with Crippen LogP contribution in [0.1, 0.15) is 38.5 Å². The number of hydrogen-bond donors (Lipinski definition) is 2. The molecule has 1 heterocycles. The smallest absolute Gasteiger partial charge is 0.321 e. The molecule has 4 saturated carbocycles. The van der Waals surface area contributed by atoms with Gasteiger partial charge in [-0.25, -0.2) is 4.79 Å². The monoisotopic (exact) mass is 441 g/mol. The molecular weight excluding hydrogens is 414 g/mol. The number of methoxy groups -OCH3 is 1. The summed E-state index contributed by atoms with van der Waals surface area (Å²) in [7, 11) is 1.60. The van der Waals surface area contributed by atoms with E-state index in [9.17, 15) is 9.59 Å². The van der Waals surface area contributed by atoms with E-state index in [2.05, 4.69) is 20.8 Å². The van der Waals surface area contributed by atoms with Crippen molar-refractivity contribution in [3.63, 3.8) is 0 Å². The molecule has 0 spiro atoms. The third kappa shape index (κ3) is 4.15. The Balaban J connectivity index is 1.17. The summed E-state index contributed by atoms with van der Waals surface area (Å²) in [5.41, 5.74) is 0.675. The average molecular weight is 442 g/mol. The maximum absolute atomic E-state index is 12.6. The van der Waals surface area contributed by atoms with Gasteiger partial charge < -0.3 is 10.1 Å². The van der Waals surface area contributed by atoms with Crippen molar-refractivity contribution < 1.29 is 14.3 Å². The molecule has 6 rings (SSSR count). The maximum Gasteiger partial charge on any atom is 0.321 e. The summed E-state index contributed by atoms with van der Waals surface area (Å²) < 4.78 is 7.17. The van der Waals surface area contributed by atoms with Crippen molar-refractivity contribution in [3.05, 3.63) is 30.6 Å². The van der Waals surface area contributed by atoms with Crippen molar-refractivity contribution in [1.29, 1.82) is 0 Å². The minimum absolute atomic E-state index is 0.0716. The first-order valence-corrected chi connectivity index (χ1v) is 11.8. The van der Waals surface area contributed by atoms with Gasteiger partial charge >= 0.3 is 6.03 Å². The molecule has 0 saturated heterocycles. The fourth-order valence-electron chi connectivity index (χ4n) is 6.15. The van der Waals surface area contributed by atoms with E-state index < -0.39 is 0 Å². The highest BCUT2D eigenvalue weighted by molar-refractivity contribution is 7.99. The van der Waals surface area contributed by atoms with Gasteiger partial charge in [-0.2, -0.15) is 0 Å². The predicted octanol–water partition coefficient (Wildman–Crippen LogP) is 3.16. The van der Waals surface area contributed by atoms with E-state index in [4.69, 9.17) is 4.74 Å². The highest BCUT2D eigenvalue weighted by Crippen LogP contribution is 2.55. The third-order valence-electron chi connectivity index (χ3n) is 6.86. The predicted molar refractivity (Wildman–Crippen MR) is 116 cm³/mol. The number of benzene rings is 1. The second-order valence-electron chi connectivity index (χ2n) is 9.14. The van der Waals surface area contributed by atoms with Gasteiger partial charge in [-0.1, -0.05) is 23.9 Å². The number of carbonyl (C=O) groups excluding carboxylic acids is 2. The lowest BCUT2D eigenvalue weighted by molar-refractivity contribution is -0.117. The van der Waals surface area contributed by atoms with Gasteiger partial charge in [0.1, 0.15) is 12.1 Å². The maximum atomic E-state index is 12.6. The van der Waals surface area contributed by atoms with E-state index in [1.807, 2.05) is 24.3 Å². The van der Waals surface area contributed by atoms with Crippen molar-refractivity contribution in [2.24, 2.45) is 17.8 Å². The number of carbonyl (C=O) groups is 2. The lowest BCUT2D eigenvalue weighted by Gasteiger charge is -2.56. The van der Waals surface area contributed by atoms with Crippen LogP contribution >= 0.6 is 11.8 Å². The molecule has 31 heavy (non-hydrogen) atoms. The van der Waals surface area contributed by atoms with Crippen LogP contribution in [-0.4, -0.2) is 45.1 Å². The molecule has 1 aromatic carbocycles. The molecule has 2 aromatic rings. The summed E-state index contributed by atoms with van der Waals surface area (Å²) in [5.74, 6) is 2.62. The number of para-hydroxylation sites is 2. The zero-order valence-electron chi connectivity index (χ0n) is 17.5. The molecule has 4 aliphatic rings. The molecule has 0 radical (unpaired) electrons. The van der Waals surface area contributed by atoms with E-state index in [-0.39, 0.29) is 23.2 Å². The fourth-order valence-corrected chi connectivity index (χ4v) is 6.87. The highest BCUT2D eigenvalue weighted by atomic mass is 32.2. The van der Waals surface area contributed by atoms with E-state index in [0.29, 0.717) is 10.9 Å². The average Bonchev–Trinajstić information content (AvgIpc) is 3.19. The highest BCUT2D eigenvalue weighted by Gasteiger charge is 2.51. The van der Waals surface area contributed by atoms with Crippen molar-refractivity contribution >= 4 is 23.7 Å². The topological polar surface area (TPSA) is 98.1 Å². The summed E-state index contributed by atoms with van der Waals surface area (Å²) in [6, 6.07) is 7.15. The van der Waals surface area contributed by atoms with Gasteiger partial charge in [0, 0.05) is 5.54 Å². The van der Waals surface area contributed by atoms with E-state index in [1.165, 1.54) is 31.0 Å². The molecule has 2 N–H and O–H groups in total. The van der Waals surface area contributed by atoms with Crippen molar-refractivity contribution in [2.45, 2.75) is 49.2 Å². The van der Waals surface area contributed by atoms with Gasteiger partial charge in [0.25, 0.3) is 0 Å². The van der Waals surface area contributed by atoms with Crippen molar-refractivity contribution in [3.8, 4) is 11.4 Å². The molecule has 1 aromatic heterocycles. The first kappa shape index (κ1) is 20.4. The van der Waals surface area contributed by atoms with Crippen LogP contribution in [0, 0.1) is 17.8 Å². The van der Waals surface area contributed by atoms with Gasteiger partial charge in [-0.15, -0.1) is 10.2 Å². The second kappa shape index (κ2) is 8.18. The largest absolute Gasteiger partial charge is 0.495 e. The zero-order valence-corrected chi connectivity index (χ0v) is 18.4. The summed E-state index contributed by atoms with van der Waals surface area (Å²) in [4.78, 5) is 25.0. The molecule has 0 unspecified atom stereocenters. The van der Waals surface area contributed by atoms with E-state index in [0.717, 1.165) is 42.7 Å². The van der Waals surface area contributed by atoms with Crippen LogP contribution in [-0.2, 0) is 4.79 Å². The molecule has 4 fully saturated rings. The lowest BCUT2D eigenvalue weighted by atomic mass is 9.53. The van der Waals surface area contributed by atoms with Crippen LogP contribution in [0.3, 0.4) is 0 Å². The van der Waals surface area contributed by atoms with Gasteiger partial charge in [-0.3, -0.25) is 14.7 Å².